The van der Waals surface area contributed by atoms with Crippen molar-refractivity contribution < 1.29 is 28.8 Å². The number of hydroxylamine groups is 2. The van der Waals surface area contributed by atoms with Crippen LogP contribution in [-0.2, 0) is 22.7 Å². The van der Waals surface area contributed by atoms with Gasteiger partial charge in [-0.05, 0) is 45.9 Å². The van der Waals surface area contributed by atoms with Gasteiger partial charge in [-0.25, -0.2) is 9.59 Å². The minimum atomic E-state index is -0.937. The molecule has 0 aliphatic carbocycles. The number of amides is 3. The molecular weight excluding hydrogens is 404 g/mol. The van der Waals surface area contributed by atoms with Crippen molar-refractivity contribution in [3.8, 4) is 0 Å². The molecule has 3 heterocycles. The van der Waals surface area contributed by atoms with Gasteiger partial charge in [0.25, 0.3) is 11.8 Å². The van der Waals surface area contributed by atoms with Gasteiger partial charge in [0.15, 0.2) is 5.69 Å². The van der Waals surface area contributed by atoms with Gasteiger partial charge in [0.2, 0.25) is 0 Å². The maximum atomic E-state index is 12.6. The maximum Gasteiger partial charge on any atom is 0.410 e. The monoisotopic (exact) mass is 426 g/mol. The van der Waals surface area contributed by atoms with Gasteiger partial charge < -0.3 is 9.57 Å². The zero-order valence-corrected chi connectivity index (χ0v) is 17.6. The Morgan fingerprint density at radius 3 is 2.29 bits per heavy atom. The third-order valence-corrected chi connectivity index (χ3v) is 4.93. The van der Waals surface area contributed by atoms with E-state index < -0.39 is 29.5 Å². The van der Waals surface area contributed by atoms with E-state index in [1.165, 1.54) is 18.2 Å². The number of imide groups is 1. The average molecular weight is 426 g/mol. The molecule has 0 fully saturated rings. The molecule has 2 aromatic rings. The average Bonchev–Trinajstić information content (AvgIpc) is 3.21. The van der Waals surface area contributed by atoms with Crippen LogP contribution in [0.2, 0.25) is 0 Å². The molecule has 4 rings (SSSR count). The standard InChI is InChI=1S/C21H22N4O6/c1-12-10-24-13(11-23(12)20(29)30-21(2,3)4)9-16(22-24)19(28)31-25-17(26)14-7-5-6-8-15(14)18(25)27/h5-9,12H,10-11H2,1-4H3. The Hall–Kier alpha value is -3.69. The molecule has 31 heavy (non-hydrogen) atoms. The second-order valence-electron chi connectivity index (χ2n) is 8.49. The first-order chi connectivity index (χ1) is 14.5. The number of carbonyl (C=O) groups excluding carboxylic acids is 4. The van der Waals surface area contributed by atoms with Crippen molar-refractivity contribution in [1.29, 1.82) is 0 Å². The first-order valence-corrected chi connectivity index (χ1v) is 9.81. The van der Waals surface area contributed by atoms with E-state index in [1.54, 1.807) is 42.5 Å². The minimum Gasteiger partial charge on any atom is -0.444 e. The number of rotatable bonds is 2. The highest BCUT2D eigenvalue weighted by Gasteiger charge is 2.39. The predicted molar refractivity (Wildman–Crippen MR) is 106 cm³/mol. The third-order valence-electron chi connectivity index (χ3n) is 4.93. The Balaban J connectivity index is 1.49. The van der Waals surface area contributed by atoms with Gasteiger partial charge in [0, 0.05) is 0 Å². The Labute approximate surface area is 178 Å². The number of fused-ring (bicyclic) bond motifs is 2. The molecule has 0 N–H and O–H groups in total. The van der Waals surface area contributed by atoms with Crippen LogP contribution in [0.4, 0.5) is 4.79 Å². The van der Waals surface area contributed by atoms with E-state index >= 15 is 0 Å². The molecule has 10 heteroatoms. The van der Waals surface area contributed by atoms with E-state index in [0.29, 0.717) is 17.3 Å². The maximum absolute atomic E-state index is 12.6. The fourth-order valence-electron chi connectivity index (χ4n) is 3.46. The van der Waals surface area contributed by atoms with Crippen LogP contribution in [0, 0.1) is 0 Å². The summed E-state index contributed by atoms with van der Waals surface area (Å²) in [5, 5.41) is 4.67. The summed E-state index contributed by atoms with van der Waals surface area (Å²) in [7, 11) is 0. The lowest BCUT2D eigenvalue weighted by Crippen LogP contribution is -2.46. The third kappa shape index (κ3) is 3.76. The van der Waals surface area contributed by atoms with Crippen LogP contribution in [0.1, 0.15) is 64.6 Å². The van der Waals surface area contributed by atoms with Gasteiger partial charge >= 0.3 is 12.1 Å². The van der Waals surface area contributed by atoms with E-state index in [1.807, 2.05) is 6.92 Å². The van der Waals surface area contributed by atoms with E-state index in [4.69, 9.17) is 9.57 Å². The van der Waals surface area contributed by atoms with Gasteiger partial charge in [-0.2, -0.15) is 5.10 Å². The first kappa shape index (κ1) is 20.6. The number of hydrogen-bond donors (Lipinski definition) is 0. The predicted octanol–water partition coefficient (Wildman–Crippen LogP) is 2.39. The van der Waals surface area contributed by atoms with Crippen molar-refractivity contribution in [2.45, 2.75) is 52.4 Å². The summed E-state index contributed by atoms with van der Waals surface area (Å²) in [6.07, 6.45) is -0.456. The first-order valence-electron chi connectivity index (χ1n) is 9.81. The van der Waals surface area contributed by atoms with Crippen LogP contribution in [-0.4, -0.2) is 55.3 Å². The molecule has 0 saturated heterocycles. The number of benzene rings is 1. The number of carbonyl (C=O) groups is 4. The van der Waals surface area contributed by atoms with Crippen molar-refractivity contribution in [1.82, 2.24) is 19.7 Å². The highest BCUT2D eigenvalue weighted by atomic mass is 16.7. The second kappa shape index (κ2) is 7.22. The molecule has 1 unspecified atom stereocenters. The largest absolute Gasteiger partial charge is 0.444 e. The lowest BCUT2D eigenvalue weighted by atomic mass is 10.1. The summed E-state index contributed by atoms with van der Waals surface area (Å²) in [6, 6.07) is 7.50. The summed E-state index contributed by atoms with van der Waals surface area (Å²) in [6.45, 7) is 7.77. The lowest BCUT2D eigenvalue weighted by molar-refractivity contribution is -0.0589. The molecule has 10 nitrogen and oxygen atoms in total. The number of nitrogens with zero attached hydrogens (tertiary/aromatic N) is 4. The molecule has 3 amide bonds. The summed E-state index contributed by atoms with van der Waals surface area (Å²) in [4.78, 5) is 56.5. The molecule has 0 spiro atoms. The number of aromatic nitrogens is 2. The zero-order valence-electron chi connectivity index (χ0n) is 17.6. The van der Waals surface area contributed by atoms with Crippen molar-refractivity contribution in [3.63, 3.8) is 0 Å². The molecular formula is C21H22N4O6. The van der Waals surface area contributed by atoms with E-state index in [9.17, 15) is 19.2 Å². The number of hydrogen-bond acceptors (Lipinski definition) is 7. The van der Waals surface area contributed by atoms with Gasteiger partial charge in [-0.1, -0.05) is 17.2 Å². The van der Waals surface area contributed by atoms with Crippen LogP contribution in [0.5, 0.6) is 0 Å². The molecule has 0 radical (unpaired) electrons. The summed E-state index contributed by atoms with van der Waals surface area (Å²) >= 11 is 0. The van der Waals surface area contributed by atoms with Crippen molar-refractivity contribution >= 4 is 23.9 Å². The van der Waals surface area contributed by atoms with Crippen LogP contribution in [0.3, 0.4) is 0 Å². The van der Waals surface area contributed by atoms with E-state index in [2.05, 4.69) is 5.10 Å². The topological polar surface area (TPSA) is 111 Å². The Bertz CT molecular complexity index is 1060. The summed E-state index contributed by atoms with van der Waals surface area (Å²) in [5.74, 6) is -2.35. The Morgan fingerprint density at radius 2 is 1.71 bits per heavy atom. The van der Waals surface area contributed by atoms with Crippen LogP contribution in [0.25, 0.3) is 0 Å². The van der Waals surface area contributed by atoms with Gasteiger partial charge in [-0.15, -0.1) is 0 Å². The van der Waals surface area contributed by atoms with Crippen LogP contribution >= 0.6 is 0 Å². The van der Waals surface area contributed by atoms with Crippen LogP contribution < -0.4 is 0 Å². The molecule has 2 aliphatic rings. The van der Waals surface area contributed by atoms with Crippen molar-refractivity contribution in [3.05, 3.63) is 52.8 Å². The fourth-order valence-corrected chi connectivity index (χ4v) is 3.46. The molecule has 1 atom stereocenters. The summed E-state index contributed by atoms with van der Waals surface area (Å²) < 4.78 is 7.05. The normalized spacial score (nSPS) is 18.0. The molecule has 1 aromatic carbocycles. The SMILES string of the molecule is CC1Cn2nc(C(=O)ON3C(=O)c4ccccc4C3=O)cc2CN1C(=O)OC(C)(C)C. The fraction of sp³-hybridized carbons (Fsp3) is 0.381. The lowest BCUT2D eigenvalue weighted by Gasteiger charge is -2.35. The molecule has 0 bridgehead atoms. The zero-order chi connectivity index (χ0) is 22.5. The van der Waals surface area contributed by atoms with Crippen molar-refractivity contribution in [2.75, 3.05) is 0 Å². The number of ether oxygens (including phenoxy) is 1. The van der Waals surface area contributed by atoms with Crippen LogP contribution in [0.15, 0.2) is 30.3 Å². The molecule has 162 valence electrons. The van der Waals surface area contributed by atoms with E-state index in [-0.39, 0.29) is 29.4 Å². The quantitative estimate of drug-likeness (QED) is 0.678. The van der Waals surface area contributed by atoms with Crippen molar-refractivity contribution in [2.24, 2.45) is 0 Å². The Morgan fingerprint density at radius 1 is 1.10 bits per heavy atom. The highest BCUT2D eigenvalue weighted by molar-refractivity contribution is 6.21. The molecule has 0 saturated carbocycles. The second-order valence-corrected chi connectivity index (χ2v) is 8.49. The molecule has 2 aliphatic heterocycles. The highest BCUT2D eigenvalue weighted by Crippen LogP contribution is 2.25. The smallest absolute Gasteiger partial charge is 0.410 e. The Kier molecular flexibility index (Phi) is 4.79. The van der Waals surface area contributed by atoms with E-state index in [0.717, 1.165) is 0 Å². The van der Waals surface area contributed by atoms with Gasteiger partial charge in [0.1, 0.15) is 5.60 Å². The van der Waals surface area contributed by atoms with Gasteiger partial charge in [0.05, 0.1) is 36.0 Å². The summed E-state index contributed by atoms with van der Waals surface area (Å²) in [5.41, 5.74) is 0.260. The van der Waals surface area contributed by atoms with Gasteiger partial charge in [-0.3, -0.25) is 19.2 Å². The minimum absolute atomic E-state index is 0.0650. The molecule has 1 aromatic heterocycles.